The quantitative estimate of drug-likeness (QED) is 0.123. The molecule has 2 aromatic carbocycles. The molecule has 3 aromatic heterocycles. The molecule has 6 rings (SSSR count). The Kier molecular flexibility index (Phi) is 11.5. The Morgan fingerprint density at radius 1 is 0.872 bits per heavy atom. The highest BCUT2D eigenvalue weighted by Gasteiger charge is 2.67. The lowest BCUT2D eigenvalue weighted by atomic mass is 9.85. The third kappa shape index (κ3) is 7.68. The number of ether oxygens (including phenoxy) is 1. The predicted molar refractivity (Wildman–Crippen MR) is 171 cm³/mol. The molecular formula is C29H20Br2Cl2F4N6O4. The van der Waals surface area contributed by atoms with Gasteiger partial charge in [-0.25, -0.2) is 4.68 Å². The lowest BCUT2D eigenvalue weighted by Gasteiger charge is -2.35. The van der Waals surface area contributed by atoms with E-state index in [0.29, 0.717) is 19.5 Å². The van der Waals surface area contributed by atoms with Crippen LogP contribution in [0.5, 0.6) is 0 Å². The van der Waals surface area contributed by atoms with Crippen LogP contribution in [0.1, 0.15) is 22.5 Å². The number of aromatic nitrogens is 6. The first kappa shape index (κ1) is 36.4. The van der Waals surface area contributed by atoms with Gasteiger partial charge < -0.3 is 9.84 Å². The second kappa shape index (κ2) is 14.8. The molecule has 0 radical (unpaired) electrons. The van der Waals surface area contributed by atoms with E-state index in [2.05, 4.69) is 57.4 Å². The lowest BCUT2D eigenvalue weighted by molar-refractivity contribution is -0.206. The summed E-state index contributed by atoms with van der Waals surface area (Å²) in [7, 11) is 0. The first-order valence-electron chi connectivity index (χ1n) is 13.0. The Balaban J connectivity index is 0.000000206. The van der Waals surface area contributed by atoms with Crippen molar-refractivity contribution in [2.75, 3.05) is 6.61 Å². The van der Waals surface area contributed by atoms with E-state index in [9.17, 15) is 13.9 Å². The number of alkyl halides is 4. The average molecular weight is 823 g/mol. The molecule has 0 bridgehead atoms. The zero-order chi connectivity index (χ0) is 34.5. The van der Waals surface area contributed by atoms with E-state index in [0.717, 1.165) is 17.1 Å². The normalized spacial score (nSPS) is 17.0. The smallest absolute Gasteiger partial charge is 0.324 e. The average Bonchev–Trinajstić information content (AvgIpc) is 3.74. The summed E-state index contributed by atoms with van der Waals surface area (Å²) in [5.41, 5.74) is -4.97. The van der Waals surface area contributed by atoms with Gasteiger partial charge >= 0.3 is 11.8 Å². The number of halogens is 8. The van der Waals surface area contributed by atoms with Crippen molar-refractivity contribution >= 4 is 55.1 Å². The van der Waals surface area contributed by atoms with Gasteiger partial charge in [0.15, 0.2) is 11.2 Å². The SMILES string of the molecule is FC(F)(c1ccc(Br)cn1)C1(c2cccc(Cl)c2)CO1.O=O.OC(Cn1cnnn1)(c1cccc(Cl)c1)C(F)(F)c1ccc(Br)cn1. The van der Waals surface area contributed by atoms with Gasteiger partial charge in [0.25, 0.3) is 0 Å². The Bertz CT molecular complexity index is 1790. The van der Waals surface area contributed by atoms with Gasteiger partial charge in [0.05, 0.1) is 13.2 Å². The van der Waals surface area contributed by atoms with Crippen LogP contribution in [0.4, 0.5) is 17.6 Å². The van der Waals surface area contributed by atoms with E-state index in [1.54, 1.807) is 18.2 Å². The minimum Gasteiger partial charge on any atom is -0.377 e. The molecule has 0 amide bonds. The summed E-state index contributed by atoms with van der Waals surface area (Å²) in [5, 5.41) is 22.1. The second-order valence-corrected chi connectivity index (χ2v) is 12.6. The number of rotatable bonds is 8. The van der Waals surface area contributed by atoms with Crippen molar-refractivity contribution in [3.05, 3.63) is 143 Å². The van der Waals surface area contributed by atoms with E-state index in [1.807, 2.05) is 0 Å². The summed E-state index contributed by atoms with van der Waals surface area (Å²) in [6, 6.07) is 17.4. The summed E-state index contributed by atoms with van der Waals surface area (Å²) in [5.74, 6) is -6.97. The third-order valence-electron chi connectivity index (χ3n) is 6.93. The molecule has 18 heteroatoms. The van der Waals surface area contributed by atoms with Crippen LogP contribution in [0.15, 0.2) is 100 Å². The van der Waals surface area contributed by atoms with Crippen LogP contribution in [-0.4, -0.2) is 41.9 Å². The first-order valence-corrected chi connectivity index (χ1v) is 15.4. The van der Waals surface area contributed by atoms with Gasteiger partial charge in [0.2, 0.25) is 0 Å². The van der Waals surface area contributed by atoms with Crippen LogP contribution >= 0.6 is 55.1 Å². The fourth-order valence-electron chi connectivity index (χ4n) is 4.49. The molecule has 10 nitrogen and oxygen atoms in total. The van der Waals surface area contributed by atoms with Crippen molar-refractivity contribution in [3.63, 3.8) is 0 Å². The first-order chi connectivity index (χ1) is 22.3. The third-order valence-corrected chi connectivity index (χ3v) is 8.34. The predicted octanol–water partition coefficient (Wildman–Crippen LogP) is 7.75. The van der Waals surface area contributed by atoms with E-state index in [4.69, 9.17) is 37.9 Å². The monoisotopic (exact) mass is 820 g/mol. The summed E-state index contributed by atoms with van der Waals surface area (Å²) in [6.07, 6.45) is 3.72. The largest absolute Gasteiger partial charge is 0.377 e. The molecule has 1 saturated heterocycles. The van der Waals surface area contributed by atoms with E-state index in [1.165, 1.54) is 60.9 Å². The molecule has 1 aliphatic heterocycles. The maximum Gasteiger partial charge on any atom is 0.324 e. The van der Waals surface area contributed by atoms with Gasteiger partial charge in [-0.3, -0.25) is 9.97 Å². The Morgan fingerprint density at radius 2 is 1.45 bits per heavy atom. The minimum atomic E-state index is -3.75. The zero-order valence-corrected chi connectivity index (χ0v) is 28.1. The molecule has 0 aliphatic carbocycles. The number of pyridine rings is 2. The molecule has 0 saturated carbocycles. The second-order valence-electron chi connectivity index (χ2n) is 9.88. The highest BCUT2D eigenvalue weighted by atomic mass is 79.9. The zero-order valence-electron chi connectivity index (χ0n) is 23.5. The molecule has 2 atom stereocenters. The topological polar surface area (TPSA) is 136 Å². The van der Waals surface area contributed by atoms with Crippen LogP contribution in [0.3, 0.4) is 0 Å². The van der Waals surface area contributed by atoms with Crippen molar-refractivity contribution in [2.45, 2.75) is 29.6 Å². The molecule has 246 valence electrons. The van der Waals surface area contributed by atoms with Crippen LogP contribution in [-0.2, 0) is 34.3 Å². The number of tetrazole rings is 1. The summed E-state index contributed by atoms with van der Waals surface area (Å²) < 4.78 is 67.3. The van der Waals surface area contributed by atoms with Crippen molar-refractivity contribution in [1.29, 1.82) is 0 Å². The van der Waals surface area contributed by atoms with Gasteiger partial charge in [-0.15, -0.1) is 5.10 Å². The van der Waals surface area contributed by atoms with Gasteiger partial charge in [0.1, 0.15) is 17.7 Å². The number of nitrogens with zero attached hydrogens (tertiary/aromatic N) is 6. The van der Waals surface area contributed by atoms with E-state index < -0.39 is 35.3 Å². The molecule has 5 aromatic rings. The van der Waals surface area contributed by atoms with Crippen molar-refractivity contribution < 1.29 is 27.4 Å². The van der Waals surface area contributed by atoms with Crippen molar-refractivity contribution in [2.24, 2.45) is 0 Å². The number of benzene rings is 2. The van der Waals surface area contributed by atoms with Crippen molar-refractivity contribution in [1.82, 2.24) is 30.2 Å². The Morgan fingerprint density at radius 3 is 1.94 bits per heavy atom. The van der Waals surface area contributed by atoms with Crippen LogP contribution in [0, 0.1) is 9.93 Å². The molecule has 4 heterocycles. The van der Waals surface area contributed by atoms with Crippen LogP contribution in [0.2, 0.25) is 10.0 Å². The van der Waals surface area contributed by atoms with Gasteiger partial charge in [-0.1, -0.05) is 47.5 Å². The number of hydrogen-bond donors (Lipinski definition) is 1. The summed E-state index contributed by atoms with van der Waals surface area (Å²) >= 11 is 18.1. The molecule has 0 spiro atoms. The molecule has 1 aliphatic rings. The van der Waals surface area contributed by atoms with Gasteiger partial charge in [-0.05, 0) is 102 Å². The fraction of sp³-hybridized carbons (Fsp3) is 0.207. The Hall–Kier alpha value is -3.41. The highest BCUT2D eigenvalue weighted by molar-refractivity contribution is 9.10. The highest BCUT2D eigenvalue weighted by Crippen LogP contribution is 2.56. The molecule has 47 heavy (non-hydrogen) atoms. The lowest BCUT2D eigenvalue weighted by Crippen LogP contribution is -2.47. The number of hydrogen-bond acceptors (Lipinski definition) is 9. The summed E-state index contributed by atoms with van der Waals surface area (Å²) in [6.45, 7) is -0.650. The van der Waals surface area contributed by atoms with Crippen LogP contribution < -0.4 is 0 Å². The molecule has 1 N–H and O–H groups in total. The Labute approximate surface area is 290 Å². The molecule has 2 unspecified atom stereocenters. The maximum atomic E-state index is 15.3. The van der Waals surface area contributed by atoms with E-state index in [-0.39, 0.29) is 22.9 Å². The van der Waals surface area contributed by atoms with Crippen LogP contribution in [0.25, 0.3) is 0 Å². The standard InChI is InChI=1S/C15H11BrClF2N5O.C14H9BrClF2NO.O2/c16-11-4-5-13(20-7-11)15(18,19)14(25,8-24-9-21-22-23-24)10-2-1-3-12(17)6-10;15-10-4-5-12(19-7-10)14(17,18)13(8-20-13)9-2-1-3-11(16)6-9;1-2/h1-7,9,25H,8H2;1-7H,8H2;. The summed E-state index contributed by atoms with van der Waals surface area (Å²) in [4.78, 5) is 21.5. The van der Waals surface area contributed by atoms with E-state index >= 15 is 8.78 Å². The maximum absolute atomic E-state index is 15.3. The minimum absolute atomic E-state index is 0.0575. The molecular weight excluding hydrogens is 803 g/mol. The molecule has 1 fully saturated rings. The van der Waals surface area contributed by atoms with Gasteiger partial charge in [-0.2, -0.15) is 17.6 Å². The van der Waals surface area contributed by atoms with Gasteiger partial charge in [0, 0.05) is 41.3 Å². The van der Waals surface area contributed by atoms with Crippen molar-refractivity contribution in [3.8, 4) is 0 Å². The fourth-order valence-corrected chi connectivity index (χ4v) is 5.34. The number of aliphatic hydroxyl groups is 1. The number of epoxide rings is 1.